The number of esters is 1. The Morgan fingerprint density at radius 1 is 1.25 bits per heavy atom. The van der Waals surface area contributed by atoms with Crippen LogP contribution in [0, 0.1) is 11.3 Å². The first-order valence-corrected chi connectivity index (χ1v) is 11.4. The summed E-state index contributed by atoms with van der Waals surface area (Å²) in [4.78, 5) is 28.8. The Balaban J connectivity index is 2.19. The standard InChI is InChI=1S/C22H24N4O5S/c1-22(2,3)31-20(27)10-9-18-16(12-23)17(24)11-19(26-18)21(28)25-13-14-5-7-15(8-6-14)32(4,29)30/h5-11H,13H2,1-4H3,(H2,24,26)(H,25,28). The van der Waals surface area contributed by atoms with E-state index in [0.717, 1.165) is 12.3 Å². The smallest absolute Gasteiger partial charge is 0.331 e. The summed E-state index contributed by atoms with van der Waals surface area (Å²) in [6, 6.07) is 9.26. The third kappa shape index (κ3) is 6.92. The quantitative estimate of drug-likeness (QED) is 0.496. The van der Waals surface area contributed by atoms with Crippen molar-refractivity contribution < 1.29 is 22.7 Å². The third-order valence-electron chi connectivity index (χ3n) is 4.01. The summed E-state index contributed by atoms with van der Waals surface area (Å²) in [7, 11) is -3.31. The highest BCUT2D eigenvalue weighted by Gasteiger charge is 2.16. The molecule has 0 saturated heterocycles. The molecule has 10 heteroatoms. The van der Waals surface area contributed by atoms with Crippen LogP contribution in [-0.4, -0.2) is 37.1 Å². The molecule has 0 aliphatic carbocycles. The van der Waals surface area contributed by atoms with Gasteiger partial charge < -0.3 is 15.8 Å². The van der Waals surface area contributed by atoms with Gasteiger partial charge in [0.1, 0.15) is 22.9 Å². The molecular formula is C22H24N4O5S. The number of sulfone groups is 1. The minimum absolute atomic E-state index is 0.0257. The molecule has 0 aliphatic heterocycles. The SMILES string of the molecule is CC(C)(C)OC(=O)C=Cc1nc(C(=O)NCc2ccc(S(C)(=O)=O)cc2)cc(N)c1C#N. The maximum atomic E-state index is 12.6. The average molecular weight is 457 g/mol. The van der Waals surface area contributed by atoms with E-state index in [4.69, 9.17) is 10.5 Å². The van der Waals surface area contributed by atoms with Gasteiger partial charge in [0.05, 0.1) is 16.3 Å². The molecule has 0 spiro atoms. The number of nitrogens with one attached hydrogen (secondary N) is 1. The number of hydrogen-bond donors (Lipinski definition) is 2. The molecule has 0 fully saturated rings. The molecule has 0 radical (unpaired) electrons. The number of carbonyl (C=O) groups is 2. The number of hydrogen-bond acceptors (Lipinski definition) is 8. The molecule has 0 atom stereocenters. The zero-order valence-corrected chi connectivity index (χ0v) is 19.0. The Bertz CT molecular complexity index is 1200. The van der Waals surface area contributed by atoms with Crippen LogP contribution in [0.5, 0.6) is 0 Å². The van der Waals surface area contributed by atoms with E-state index in [1.54, 1.807) is 32.9 Å². The molecule has 1 aromatic carbocycles. The summed E-state index contributed by atoms with van der Waals surface area (Å²) in [5, 5.41) is 12.0. The van der Waals surface area contributed by atoms with Crippen molar-refractivity contribution >= 4 is 33.5 Å². The number of nitrogens with zero attached hydrogens (tertiary/aromatic N) is 2. The lowest BCUT2D eigenvalue weighted by Crippen LogP contribution is -2.24. The predicted octanol–water partition coefficient (Wildman–Crippen LogP) is 2.22. The minimum Gasteiger partial charge on any atom is -0.457 e. The highest BCUT2D eigenvalue weighted by atomic mass is 32.2. The van der Waals surface area contributed by atoms with E-state index >= 15 is 0 Å². The number of nitrogens with two attached hydrogens (primary N) is 1. The largest absolute Gasteiger partial charge is 0.457 e. The highest BCUT2D eigenvalue weighted by Crippen LogP contribution is 2.18. The lowest BCUT2D eigenvalue weighted by molar-refractivity contribution is -0.148. The van der Waals surface area contributed by atoms with Gasteiger partial charge in [-0.3, -0.25) is 4.79 Å². The second-order valence-corrected chi connectivity index (χ2v) is 9.95. The fourth-order valence-electron chi connectivity index (χ4n) is 2.55. The van der Waals surface area contributed by atoms with Crippen LogP contribution >= 0.6 is 0 Å². The summed E-state index contributed by atoms with van der Waals surface area (Å²) < 4.78 is 28.2. The molecule has 2 rings (SSSR count). The second kappa shape index (κ2) is 9.62. The van der Waals surface area contributed by atoms with Crippen molar-refractivity contribution in [1.82, 2.24) is 10.3 Å². The van der Waals surface area contributed by atoms with Crippen LogP contribution in [0.3, 0.4) is 0 Å². The maximum Gasteiger partial charge on any atom is 0.331 e. The van der Waals surface area contributed by atoms with Crippen molar-refractivity contribution in [3.63, 3.8) is 0 Å². The van der Waals surface area contributed by atoms with Gasteiger partial charge in [-0.15, -0.1) is 0 Å². The monoisotopic (exact) mass is 456 g/mol. The Morgan fingerprint density at radius 3 is 2.41 bits per heavy atom. The van der Waals surface area contributed by atoms with Crippen molar-refractivity contribution in [3.05, 3.63) is 58.9 Å². The molecule has 1 amide bonds. The maximum absolute atomic E-state index is 12.6. The number of benzene rings is 1. The number of anilines is 1. The highest BCUT2D eigenvalue weighted by molar-refractivity contribution is 7.90. The number of nitriles is 1. The fraction of sp³-hybridized carbons (Fsp3) is 0.273. The molecule has 3 N–H and O–H groups in total. The van der Waals surface area contributed by atoms with E-state index in [1.165, 1.54) is 24.3 Å². The molecule has 2 aromatic rings. The normalized spacial score (nSPS) is 11.7. The summed E-state index contributed by atoms with van der Waals surface area (Å²) in [5.74, 6) is -1.19. The number of nitrogen functional groups attached to an aromatic ring is 1. The van der Waals surface area contributed by atoms with E-state index in [9.17, 15) is 23.3 Å². The Hall–Kier alpha value is -3.71. The molecule has 9 nitrogen and oxygen atoms in total. The zero-order chi connectivity index (χ0) is 24.1. The lowest BCUT2D eigenvalue weighted by Gasteiger charge is -2.17. The number of amides is 1. The molecule has 168 valence electrons. The summed E-state index contributed by atoms with van der Waals surface area (Å²) >= 11 is 0. The number of carbonyl (C=O) groups excluding carboxylic acids is 2. The van der Waals surface area contributed by atoms with E-state index in [-0.39, 0.29) is 34.1 Å². The molecular weight excluding hydrogens is 432 g/mol. The van der Waals surface area contributed by atoms with Gasteiger partial charge >= 0.3 is 5.97 Å². The van der Waals surface area contributed by atoms with Gasteiger partial charge in [-0.1, -0.05) is 12.1 Å². The summed E-state index contributed by atoms with van der Waals surface area (Å²) in [5.41, 5.74) is 5.96. The van der Waals surface area contributed by atoms with Crippen molar-refractivity contribution in [2.45, 2.75) is 37.8 Å². The first kappa shape index (κ1) is 24.6. The predicted molar refractivity (Wildman–Crippen MR) is 119 cm³/mol. The first-order valence-electron chi connectivity index (χ1n) is 9.49. The molecule has 1 aromatic heterocycles. The van der Waals surface area contributed by atoms with Gasteiger partial charge in [-0.25, -0.2) is 18.2 Å². The van der Waals surface area contributed by atoms with Crippen molar-refractivity contribution in [1.29, 1.82) is 5.26 Å². The Morgan fingerprint density at radius 2 is 1.88 bits per heavy atom. The average Bonchev–Trinajstić information content (AvgIpc) is 2.68. The second-order valence-electron chi connectivity index (χ2n) is 7.93. The first-order chi connectivity index (χ1) is 14.8. The fourth-order valence-corrected chi connectivity index (χ4v) is 3.18. The van der Waals surface area contributed by atoms with Crippen LogP contribution in [0.4, 0.5) is 5.69 Å². The number of rotatable bonds is 6. The van der Waals surface area contributed by atoms with Crippen LogP contribution in [0.1, 0.15) is 48.1 Å². The molecule has 32 heavy (non-hydrogen) atoms. The molecule has 0 aliphatic rings. The number of aromatic nitrogens is 1. The summed E-state index contributed by atoms with van der Waals surface area (Å²) in [6.07, 6.45) is 3.49. The van der Waals surface area contributed by atoms with Crippen LogP contribution in [0.2, 0.25) is 0 Å². The van der Waals surface area contributed by atoms with Crippen molar-refractivity contribution in [2.75, 3.05) is 12.0 Å². The van der Waals surface area contributed by atoms with Gasteiger partial charge in [-0.05, 0) is 50.6 Å². The van der Waals surface area contributed by atoms with Crippen LogP contribution in [-0.2, 0) is 25.9 Å². The number of pyridine rings is 1. The van der Waals surface area contributed by atoms with E-state index in [2.05, 4.69) is 10.3 Å². The van der Waals surface area contributed by atoms with Crippen LogP contribution in [0.25, 0.3) is 6.08 Å². The minimum atomic E-state index is -3.31. The number of ether oxygens (including phenoxy) is 1. The van der Waals surface area contributed by atoms with E-state index < -0.39 is 27.3 Å². The van der Waals surface area contributed by atoms with Gasteiger partial charge in [-0.2, -0.15) is 5.26 Å². The van der Waals surface area contributed by atoms with Crippen molar-refractivity contribution in [3.8, 4) is 6.07 Å². The van der Waals surface area contributed by atoms with Crippen LogP contribution < -0.4 is 11.1 Å². The molecule has 0 bridgehead atoms. The summed E-state index contributed by atoms with van der Waals surface area (Å²) in [6.45, 7) is 5.27. The molecule has 1 heterocycles. The van der Waals surface area contributed by atoms with Gasteiger partial charge in [0, 0.05) is 18.9 Å². The van der Waals surface area contributed by atoms with Gasteiger partial charge in [0.15, 0.2) is 9.84 Å². The Labute approximate surface area is 186 Å². The van der Waals surface area contributed by atoms with Crippen LogP contribution in [0.15, 0.2) is 41.3 Å². The molecule has 0 unspecified atom stereocenters. The Kier molecular flexibility index (Phi) is 7.38. The lowest BCUT2D eigenvalue weighted by atomic mass is 10.1. The van der Waals surface area contributed by atoms with E-state index in [1.807, 2.05) is 6.07 Å². The van der Waals surface area contributed by atoms with Gasteiger partial charge in [0.25, 0.3) is 5.91 Å². The van der Waals surface area contributed by atoms with Crippen molar-refractivity contribution in [2.24, 2.45) is 0 Å². The third-order valence-corrected chi connectivity index (χ3v) is 5.14. The zero-order valence-electron chi connectivity index (χ0n) is 18.2. The molecule has 0 saturated carbocycles. The van der Waals surface area contributed by atoms with Gasteiger partial charge in [0.2, 0.25) is 0 Å². The topological polar surface area (TPSA) is 152 Å². The van der Waals surface area contributed by atoms with E-state index in [0.29, 0.717) is 5.56 Å².